The Labute approximate surface area is 113 Å². The Morgan fingerprint density at radius 1 is 1.40 bits per heavy atom. The normalized spacial score (nSPS) is 10.4. The Balaban J connectivity index is 1.95. The first-order valence-electron chi connectivity index (χ1n) is 5.87. The molecule has 0 fully saturated rings. The third kappa shape index (κ3) is 3.16. The third-order valence-corrected chi connectivity index (χ3v) is 2.51. The predicted octanol–water partition coefficient (Wildman–Crippen LogP) is -1.10. The van der Waals surface area contributed by atoms with Crippen molar-refractivity contribution in [2.75, 3.05) is 0 Å². The van der Waals surface area contributed by atoms with E-state index in [1.807, 2.05) is 6.92 Å². The van der Waals surface area contributed by atoms with Crippen LogP contribution in [-0.2, 0) is 24.4 Å². The number of hydrogen-bond acceptors (Lipinski definition) is 6. The number of carbonyl (C=O) groups excluding carboxylic acids is 1. The first kappa shape index (κ1) is 13.6. The molecule has 0 radical (unpaired) electrons. The lowest BCUT2D eigenvalue weighted by atomic mass is 10.4. The highest BCUT2D eigenvalue weighted by atomic mass is 16.4. The van der Waals surface area contributed by atoms with Crippen LogP contribution >= 0.6 is 0 Å². The molecule has 2 heterocycles. The summed E-state index contributed by atoms with van der Waals surface area (Å²) in [7, 11) is 0. The van der Waals surface area contributed by atoms with E-state index in [1.165, 1.54) is 6.20 Å². The minimum atomic E-state index is -1.06. The second-order valence-electron chi connectivity index (χ2n) is 3.91. The van der Waals surface area contributed by atoms with Crippen LogP contribution in [0, 0.1) is 0 Å². The molecule has 2 N–H and O–H groups in total. The second-order valence-corrected chi connectivity index (χ2v) is 3.91. The van der Waals surface area contributed by atoms with Gasteiger partial charge in [0.2, 0.25) is 0 Å². The van der Waals surface area contributed by atoms with Crippen molar-refractivity contribution in [1.82, 2.24) is 35.1 Å². The maximum absolute atomic E-state index is 11.8. The molecule has 0 saturated carbocycles. The van der Waals surface area contributed by atoms with Gasteiger partial charge in [-0.25, -0.2) is 4.68 Å². The van der Waals surface area contributed by atoms with Crippen LogP contribution in [0.4, 0.5) is 0 Å². The van der Waals surface area contributed by atoms with Crippen molar-refractivity contribution in [3.05, 3.63) is 24.0 Å². The van der Waals surface area contributed by atoms with Gasteiger partial charge in [0.25, 0.3) is 5.91 Å². The molecule has 2 aromatic rings. The molecule has 10 nitrogen and oxygen atoms in total. The van der Waals surface area contributed by atoms with Gasteiger partial charge < -0.3 is 15.0 Å². The van der Waals surface area contributed by atoms with E-state index in [0.29, 0.717) is 12.4 Å². The van der Waals surface area contributed by atoms with Gasteiger partial charge in [-0.05, 0) is 6.92 Å². The molecule has 0 bridgehead atoms. The van der Waals surface area contributed by atoms with Crippen molar-refractivity contribution in [2.45, 2.75) is 26.6 Å². The Bertz CT molecular complexity index is 618. The topological polar surface area (TPSA) is 128 Å². The summed E-state index contributed by atoms with van der Waals surface area (Å²) < 4.78 is 2.87. The third-order valence-electron chi connectivity index (χ3n) is 2.51. The quantitative estimate of drug-likeness (QED) is 0.687. The summed E-state index contributed by atoms with van der Waals surface area (Å²) in [5.41, 5.74) is 0.0498. The highest BCUT2D eigenvalue weighted by Gasteiger charge is 2.13. The van der Waals surface area contributed by atoms with Gasteiger partial charge in [-0.3, -0.25) is 9.59 Å². The summed E-state index contributed by atoms with van der Waals surface area (Å²) in [4.78, 5) is 22.3. The van der Waals surface area contributed by atoms with Gasteiger partial charge in [0.1, 0.15) is 12.9 Å². The first-order valence-corrected chi connectivity index (χ1v) is 5.87. The molecule has 0 aliphatic rings. The van der Waals surface area contributed by atoms with Crippen molar-refractivity contribution in [2.24, 2.45) is 0 Å². The van der Waals surface area contributed by atoms with Crippen molar-refractivity contribution >= 4 is 11.9 Å². The van der Waals surface area contributed by atoms with Crippen LogP contribution in [0.15, 0.2) is 12.5 Å². The van der Waals surface area contributed by atoms with Crippen LogP contribution in [0.2, 0.25) is 0 Å². The number of nitrogens with zero attached hydrogens (tertiary/aromatic N) is 6. The average molecular weight is 279 g/mol. The van der Waals surface area contributed by atoms with Gasteiger partial charge in [-0.2, -0.15) is 0 Å². The van der Waals surface area contributed by atoms with Crippen LogP contribution in [0.5, 0.6) is 0 Å². The van der Waals surface area contributed by atoms with E-state index in [9.17, 15) is 9.59 Å². The molecule has 0 aliphatic heterocycles. The standard InChI is InChI=1S/C10H13N7O3/c1-2-16-6-12-14-8(16)3-11-10(20)7-4-17(15-13-7)5-9(18)19/h4,6H,2-3,5H2,1H3,(H,11,20)(H,18,19). The zero-order valence-electron chi connectivity index (χ0n) is 10.7. The van der Waals surface area contributed by atoms with E-state index in [2.05, 4.69) is 25.8 Å². The molecule has 10 heteroatoms. The van der Waals surface area contributed by atoms with Gasteiger partial charge in [0.15, 0.2) is 11.5 Å². The maximum atomic E-state index is 11.8. The van der Waals surface area contributed by atoms with Gasteiger partial charge in [0, 0.05) is 6.54 Å². The SMILES string of the molecule is CCn1cnnc1CNC(=O)c1cn(CC(=O)O)nn1. The van der Waals surface area contributed by atoms with Crippen LogP contribution < -0.4 is 5.32 Å². The van der Waals surface area contributed by atoms with Crippen molar-refractivity contribution in [3.63, 3.8) is 0 Å². The number of amides is 1. The zero-order chi connectivity index (χ0) is 14.5. The fourth-order valence-electron chi connectivity index (χ4n) is 1.55. The van der Waals surface area contributed by atoms with Crippen molar-refractivity contribution < 1.29 is 14.7 Å². The van der Waals surface area contributed by atoms with Gasteiger partial charge >= 0.3 is 5.97 Å². The first-order chi connectivity index (χ1) is 9.60. The molecule has 0 unspecified atom stereocenters. The molecule has 0 spiro atoms. The Kier molecular flexibility index (Phi) is 4.03. The highest BCUT2D eigenvalue weighted by molar-refractivity contribution is 5.91. The fourth-order valence-corrected chi connectivity index (χ4v) is 1.55. The van der Waals surface area contributed by atoms with Crippen LogP contribution in [0.3, 0.4) is 0 Å². The second kappa shape index (κ2) is 5.91. The number of carboxylic acid groups (broad SMARTS) is 1. The summed E-state index contributed by atoms with van der Waals surface area (Å²) in [6, 6.07) is 0. The minimum Gasteiger partial charge on any atom is -0.480 e. The van der Waals surface area contributed by atoms with E-state index in [-0.39, 0.29) is 18.8 Å². The average Bonchev–Trinajstić information content (AvgIpc) is 3.03. The van der Waals surface area contributed by atoms with E-state index in [4.69, 9.17) is 5.11 Å². The number of rotatable bonds is 6. The number of aromatic nitrogens is 6. The number of carbonyl (C=O) groups is 2. The van der Waals surface area contributed by atoms with Crippen LogP contribution in [0.1, 0.15) is 23.2 Å². The van der Waals surface area contributed by atoms with Gasteiger partial charge in [-0.1, -0.05) is 5.21 Å². The molecule has 1 amide bonds. The summed E-state index contributed by atoms with van der Waals surface area (Å²) in [5.74, 6) is -0.885. The van der Waals surface area contributed by atoms with Crippen molar-refractivity contribution in [1.29, 1.82) is 0 Å². The summed E-state index contributed by atoms with van der Waals surface area (Å²) in [5, 5.41) is 26.0. The lowest BCUT2D eigenvalue weighted by molar-refractivity contribution is -0.137. The van der Waals surface area contributed by atoms with Crippen LogP contribution in [0.25, 0.3) is 0 Å². The predicted molar refractivity (Wildman–Crippen MR) is 64.5 cm³/mol. The minimum absolute atomic E-state index is 0.0498. The summed E-state index contributed by atoms with van der Waals surface area (Å²) in [6.45, 7) is 2.50. The summed E-state index contributed by atoms with van der Waals surface area (Å²) >= 11 is 0. The molecule has 106 valence electrons. The van der Waals surface area contributed by atoms with E-state index in [1.54, 1.807) is 10.9 Å². The number of nitrogens with one attached hydrogen (secondary N) is 1. The van der Waals surface area contributed by atoms with E-state index >= 15 is 0 Å². The number of hydrogen-bond donors (Lipinski definition) is 2. The Morgan fingerprint density at radius 2 is 2.20 bits per heavy atom. The lowest BCUT2D eigenvalue weighted by Gasteiger charge is -2.03. The number of aryl methyl sites for hydroxylation is 1. The van der Waals surface area contributed by atoms with Crippen LogP contribution in [-0.4, -0.2) is 46.7 Å². The molecule has 2 aromatic heterocycles. The molecule has 2 rings (SSSR count). The Hall–Kier alpha value is -2.78. The smallest absolute Gasteiger partial charge is 0.325 e. The molecule has 0 aromatic carbocycles. The van der Waals surface area contributed by atoms with E-state index in [0.717, 1.165) is 4.68 Å². The maximum Gasteiger partial charge on any atom is 0.325 e. The number of aliphatic carboxylic acids is 1. The molecular formula is C10H13N7O3. The van der Waals surface area contributed by atoms with Gasteiger partial charge in [0.05, 0.1) is 12.7 Å². The largest absolute Gasteiger partial charge is 0.480 e. The number of carboxylic acids is 1. The molecule has 0 atom stereocenters. The molecule has 0 aliphatic carbocycles. The van der Waals surface area contributed by atoms with Crippen molar-refractivity contribution in [3.8, 4) is 0 Å². The van der Waals surface area contributed by atoms with E-state index < -0.39 is 11.9 Å². The monoisotopic (exact) mass is 279 g/mol. The zero-order valence-corrected chi connectivity index (χ0v) is 10.7. The molecule has 20 heavy (non-hydrogen) atoms. The summed E-state index contributed by atoms with van der Waals surface area (Å²) in [6.07, 6.45) is 2.85. The Morgan fingerprint density at radius 3 is 2.90 bits per heavy atom. The highest BCUT2D eigenvalue weighted by Crippen LogP contribution is 1.97. The van der Waals surface area contributed by atoms with Gasteiger partial charge in [-0.15, -0.1) is 15.3 Å². The lowest BCUT2D eigenvalue weighted by Crippen LogP contribution is -2.25. The molecule has 0 saturated heterocycles. The molecular weight excluding hydrogens is 266 g/mol. The fraction of sp³-hybridized carbons (Fsp3) is 0.400.